The van der Waals surface area contributed by atoms with Crippen molar-refractivity contribution in [3.05, 3.63) is 57.3 Å². The molecule has 1 N–H and O–H groups in total. The molecule has 0 unspecified atom stereocenters. The third-order valence-corrected chi connectivity index (χ3v) is 3.94. The lowest BCUT2D eigenvalue weighted by Crippen LogP contribution is -1.90. The average Bonchev–Trinajstić information content (AvgIpc) is 2.79. The first kappa shape index (κ1) is 13.1. The van der Waals surface area contributed by atoms with Crippen LogP contribution >= 0.6 is 22.9 Å². The van der Waals surface area contributed by atoms with E-state index in [-0.39, 0.29) is 5.17 Å². The summed E-state index contributed by atoms with van der Waals surface area (Å²) in [6.45, 7) is 2.09. The molecule has 1 aromatic heterocycles. The van der Waals surface area contributed by atoms with Gasteiger partial charge in [-0.3, -0.25) is 0 Å². The fourth-order valence-corrected chi connectivity index (χ4v) is 2.98. The Hall–Kier alpha value is -1.32. The van der Waals surface area contributed by atoms with Crippen molar-refractivity contribution >= 4 is 28.1 Å². The maximum absolute atomic E-state index is 8.52. The Morgan fingerprint density at radius 1 is 1.17 bits per heavy atom. The van der Waals surface area contributed by atoms with Crippen LogP contribution in [0.2, 0.25) is 0 Å². The van der Waals surface area contributed by atoms with Gasteiger partial charge in [-0.05, 0) is 24.6 Å². The first-order valence-corrected chi connectivity index (χ1v) is 6.86. The lowest BCUT2D eigenvalue weighted by molar-refractivity contribution is 0.319. The van der Waals surface area contributed by atoms with Gasteiger partial charge in [-0.1, -0.05) is 46.6 Å². The van der Waals surface area contributed by atoms with E-state index in [1.807, 2.05) is 6.07 Å². The molecule has 4 heteroatoms. The molecule has 1 aromatic carbocycles. The van der Waals surface area contributed by atoms with Gasteiger partial charge in [-0.15, -0.1) is 11.3 Å². The predicted octanol–water partition coefficient (Wildman–Crippen LogP) is 4.22. The summed E-state index contributed by atoms with van der Waals surface area (Å²) < 4.78 is 0. The second-order valence-corrected chi connectivity index (χ2v) is 5.87. The maximum atomic E-state index is 8.52. The van der Waals surface area contributed by atoms with Gasteiger partial charge in [0.25, 0.3) is 0 Å². The normalized spacial score (nSPS) is 11.8. The highest BCUT2D eigenvalue weighted by Gasteiger charge is 2.04. The first-order valence-electron chi connectivity index (χ1n) is 5.67. The Balaban J connectivity index is 2.04. The zero-order valence-corrected chi connectivity index (χ0v) is 11.6. The fourth-order valence-electron chi connectivity index (χ4n) is 1.70. The number of hydrogen-bond donors (Lipinski definition) is 1. The van der Waals surface area contributed by atoms with E-state index in [0.29, 0.717) is 6.42 Å². The number of nitrogens with zero attached hydrogens (tertiary/aromatic N) is 1. The van der Waals surface area contributed by atoms with Gasteiger partial charge < -0.3 is 5.21 Å². The van der Waals surface area contributed by atoms with E-state index < -0.39 is 0 Å². The highest BCUT2D eigenvalue weighted by atomic mass is 35.5. The number of aryl methyl sites for hydroxylation is 1. The SMILES string of the molecule is Cc1ccc(Cc2ccc(C/C(Cl)=N/O)s2)cc1. The molecule has 0 aliphatic carbocycles. The number of halogens is 1. The molecule has 2 nitrogen and oxygen atoms in total. The van der Waals surface area contributed by atoms with Crippen molar-refractivity contribution < 1.29 is 5.21 Å². The van der Waals surface area contributed by atoms with E-state index in [9.17, 15) is 0 Å². The van der Waals surface area contributed by atoms with Gasteiger partial charge in [0.1, 0.15) is 0 Å². The second kappa shape index (κ2) is 6.03. The molecule has 0 radical (unpaired) electrons. The van der Waals surface area contributed by atoms with Crippen molar-refractivity contribution in [2.75, 3.05) is 0 Å². The molecule has 0 saturated heterocycles. The molecule has 18 heavy (non-hydrogen) atoms. The molecular formula is C14H14ClNOS. The molecule has 0 amide bonds. The van der Waals surface area contributed by atoms with Crippen LogP contribution in [0.25, 0.3) is 0 Å². The minimum absolute atomic E-state index is 0.221. The third kappa shape index (κ3) is 3.59. The largest absolute Gasteiger partial charge is 0.410 e. The first-order chi connectivity index (χ1) is 8.67. The summed E-state index contributed by atoms with van der Waals surface area (Å²) in [7, 11) is 0. The van der Waals surface area contributed by atoms with Gasteiger partial charge in [0.05, 0.1) is 0 Å². The fraction of sp³-hybridized carbons (Fsp3) is 0.214. The van der Waals surface area contributed by atoms with Gasteiger partial charge in [0.2, 0.25) is 0 Å². The van der Waals surface area contributed by atoms with Crippen molar-refractivity contribution in [3.63, 3.8) is 0 Å². The Labute approximate surface area is 116 Å². The van der Waals surface area contributed by atoms with Crippen LogP contribution in [0, 0.1) is 6.92 Å². The molecule has 0 aliphatic rings. The molecule has 2 rings (SSSR count). The molecule has 0 atom stereocenters. The minimum Gasteiger partial charge on any atom is -0.410 e. The molecule has 94 valence electrons. The van der Waals surface area contributed by atoms with Crippen molar-refractivity contribution in [2.24, 2.45) is 5.16 Å². The standard InChI is InChI=1S/C14H14ClNOS/c1-10-2-4-11(5-3-10)8-12-6-7-13(18-12)9-14(15)16-17/h2-7,17H,8-9H2,1H3/b16-14-. The Kier molecular flexibility index (Phi) is 4.39. The van der Waals surface area contributed by atoms with Crippen LogP contribution in [0.1, 0.15) is 20.9 Å². The predicted molar refractivity (Wildman–Crippen MR) is 77.1 cm³/mol. The van der Waals surface area contributed by atoms with E-state index in [4.69, 9.17) is 16.8 Å². The Bertz CT molecular complexity index is 545. The van der Waals surface area contributed by atoms with Gasteiger partial charge >= 0.3 is 0 Å². The highest BCUT2D eigenvalue weighted by Crippen LogP contribution is 2.21. The minimum atomic E-state index is 0.221. The number of oxime groups is 1. The van der Waals surface area contributed by atoms with Crippen molar-refractivity contribution in [2.45, 2.75) is 19.8 Å². The van der Waals surface area contributed by atoms with Crippen molar-refractivity contribution in [1.29, 1.82) is 0 Å². The van der Waals surface area contributed by atoms with E-state index in [1.165, 1.54) is 16.0 Å². The smallest absolute Gasteiger partial charge is 0.150 e. The van der Waals surface area contributed by atoms with Crippen LogP contribution in [0.5, 0.6) is 0 Å². The van der Waals surface area contributed by atoms with E-state index in [1.54, 1.807) is 11.3 Å². The van der Waals surface area contributed by atoms with Crippen LogP contribution in [0.15, 0.2) is 41.6 Å². The van der Waals surface area contributed by atoms with Crippen LogP contribution in [0.3, 0.4) is 0 Å². The Morgan fingerprint density at radius 3 is 2.50 bits per heavy atom. The summed E-state index contributed by atoms with van der Waals surface area (Å²) in [5, 5.41) is 11.7. The molecule has 1 heterocycles. The lowest BCUT2D eigenvalue weighted by Gasteiger charge is -1.99. The maximum Gasteiger partial charge on any atom is 0.150 e. The molecule has 0 bridgehead atoms. The molecule has 0 fully saturated rings. The van der Waals surface area contributed by atoms with Gasteiger partial charge in [0, 0.05) is 22.6 Å². The van der Waals surface area contributed by atoms with E-state index in [0.717, 1.165) is 11.3 Å². The average molecular weight is 280 g/mol. The van der Waals surface area contributed by atoms with Crippen LogP contribution in [0.4, 0.5) is 0 Å². The molecule has 0 aliphatic heterocycles. The van der Waals surface area contributed by atoms with E-state index >= 15 is 0 Å². The number of benzene rings is 1. The summed E-state index contributed by atoms with van der Waals surface area (Å²) in [4.78, 5) is 2.40. The van der Waals surface area contributed by atoms with E-state index in [2.05, 4.69) is 42.4 Å². The summed E-state index contributed by atoms with van der Waals surface area (Å²) >= 11 is 7.39. The highest BCUT2D eigenvalue weighted by molar-refractivity contribution is 7.12. The second-order valence-electron chi connectivity index (χ2n) is 4.18. The van der Waals surface area contributed by atoms with Crippen LogP contribution in [-0.2, 0) is 12.8 Å². The number of hydrogen-bond acceptors (Lipinski definition) is 3. The summed E-state index contributed by atoms with van der Waals surface area (Å²) in [5.41, 5.74) is 2.58. The molecule has 0 saturated carbocycles. The molecule has 2 aromatic rings. The van der Waals surface area contributed by atoms with Crippen molar-refractivity contribution in [3.8, 4) is 0 Å². The number of rotatable bonds is 4. The van der Waals surface area contributed by atoms with Gasteiger partial charge in [-0.25, -0.2) is 0 Å². The quantitative estimate of drug-likeness (QED) is 0.507. The van der Waals surface area contributed by atoms with Gasteiger partial charge in [-0.2, -0.15) is 0 Å². The summed E-state index contributed by atoms with van der Waals surface area (Å²) in [6.07, 6.45) is 1.43. The lowest BCUT2D eigenvalue weighted by atomic mass is 10.1. The summed E-state index contributed by atoms with van der Waals surface area (Å²) in [5.74, 6) is 0. The van der Waals surface area contributed by atoms with Crippen LogP contribution in [-0.4, -0.2) is 10.4 Å². The topological polar surface area (TPSA) is 32.6 Å². The molecule has 0 spiro atoms. The van der Waals surface area contributed by atoms with Crippen LogP contribution < -0.4 is 0 Å². The van der Waals surface area contributed by atoms with Crippen molar-refractivity contribution in [1.82, 2.24) is 0 Å². The summed E-state index contributed by atoms with van der Waals surface area (Å²) in [6, 6.07) is 12.7. The van der Waals surface area contributed by atoms with Gasteiger partial charge in [0.15, 0.2) is 5.17 Å². The third-order valence-electron chi connectivity index (χ3n) is 2.64. The monoisotopic (exact) mass is 279 g/mol. The zero-order valence-electron chi connectivity index (χ0n) is 10.1. The number of thiophene rings is 1. The molecular weight excluding hydrogens is 266 g/mol. The Morgan fingerprint density at radius 2 is 1.83 bits per heavy atom. The zero-order chi connectivity index (χ0) is 13.0.